The van der Waals surface area contributed by atoms with Gasteiger partial charge in [0.15, 0.2) is 64.6 Å². The molecule has 0 atom stereocenters. The Morgan fingerprint density at radius 3 is 1.36 bits per heavy atom. The summed E-state index contributed by atoms with van der Waals surface area (Å²) in [6.07, 6.45) is 10.5. The number of carbonyl (C=O) groups excluding carboxylic acids is 9. The van der Waals surface area contributed by atoms with Gasteiger partial charge in [0.2, 0.25) is 5.91 Å². The van der Waals surface area contributed by atoms with Crippen molar-refractivity contribution in [1.82, 2.24) is 0 Å². The second-order valence-electron chi connectivity index (χ2n) is 20.5. The summed E-state index contributed by atoms with van der Waals surface area (Å²) >= 11 is 0. The largest absolute Gasteiger partial charge is 0.508 e. The number of rotatable bonds is 24. The van der Waals surface area contributed by atoms with E-state index in [1.807, 2.05) is 86.4 Å². The van der Waals surface area contributed by atoms with E-state index < -0.39 is 5.91 Å². The van der Waals surface area contributed by atoms with E-state index in [0.717, 1.165) is 29.5 Å². The van der Waals surface area contributed by atoms with Gasteiger partial charge in [-0.05, 0) is 179 Å². The number of phenols is 1. The molecule has 1 amide bonds. The number of aromatic nitrogens is 1. The standard InChI is InChI=1S/C15H14O.C12H14O.C11H14NO.C11H12O2.C8H15N3O.C7H11NO2.C6H10O.C4H6O/c1-11(12(2)16)10-14-8-5-7-13-6-3-4-9-15(13)14;1-9-5-4-6-12(7-9)8-10(2)11(3)13;1-9(10(2)13)7-11-5-4-6-12(3)8-11;1-8(9(2)12)7-10-3-5-11(13)6-4-10;1-6(7(2)12)4-3-5-11-8(9)10;1-5(6(2)9)3-4-7(8)10;1-4-5(2)6(3)7;1-3-4(2)5/h3-9H,1,10H2,2H3;4-7H,2,8H2,1,3H3;4-6,8H,1,7H2,2-3H3;3-6,13H,1,7H2,2H3;1,3-5H2,2H3,(H4,9,10,11);1,3-4H2,2H3,(H2,8,10);2,4H2,1,3H3;3H,1H2,2H3/q;;+1;;;;;. The third-order valence-corrected chi connectivity index (χ3v) is 12.4. The molecule has 0 aliphatic heterocycles. The van der Waals surface area contributed by atoms with Crippen molar-refractivity contribution in [3.05, 3.63) is 241 Å². The van der Waals surface area contributed by atoms with Gasteiger partial charge in [0.25, 0.3) is 0 Å². The summed E-state index contributed by atoms with van der Waals surface area (Å²) in [4.78, 5) is 99.0. The van der Waals surface area contributed by atoms with Gasteiger partial charge in [0.1, 0.15) is 12.8 Å². The van der Waals surface area contributed by atoms with E-state index in [1.165, 1.54) is 62.6 Å². The average molecular weight is 1220 g/mol. The third kappa shape index (κ3) is 44.3. The summed E-state index contributed by atoms with van der Waals surface area (Å²) < 4.78 is 1.96. The predicted octanol–water partition coefficient (Wildman–Crippen LogP) is 12.4. The molecule has 5 rings (SSSR count). The van der Waals surface area contributed by atoms with Crippen LogP contribution in [0.25, 0.3) is 10.8 Å². The fraction of sp³-hybridized carbons (Fsp3) is 0.284. The molecule has 1 heterocycles. The van der Waals surface area contributed by atoms with Crippen molar-refractivity contribution < 1.29 is 52.8 Å². The number of aromatic hydroxyl groups is 1. The van der Waals surface area contributed by atoms with Gasteiger partial charge in [-0.15, -0.1) is 0 Å². The van der Waals surface area contributed by atoms with Crippen LogP contribution in [0.2, 0.25) is 0 Å². The molecule has 89 heavy (non-hydrogen) atoms. The van der Waals surface area contributed by atoms with Crippen molar-refractivity contribution in [3.63, 3.8) is 0 Å². The first kappa shape index (κ1) is 83.3. The Morgan fingerprint density at radius 2 is 0.933 bits per heavy atom. The maximum atomic E-state index is 11.2. The maximum absolute atomic E-state index is 11.2. The van der Waals surface area contributed by atoms with E-state index >= 15 is 0 Å². The van der Waals surface area contributed by atoms with Crippen LogP contribution in [-0.4, -0.2) is 69.8 Å². The molecule has 1 aromatic heterocycles. The summed E-state index contributed by atoms with van der Waals surface area (Å²) in [6.45, 7) is 45.3. The van der Waals surface area contributed by atoms with Gasteiger partial charge in [-0.25, -0.2) is 4.57 Å². The molecule has 476 valence electrons. The molecular weight excluding hydrogens is 1120 g/mol. The van der Waals surface area contributed by atoms with E-state index in [1.54, 1.807) is 45.0 Å². The fourth-order valence-electron chi connectivity index (χ4n) is 6.48. The maximum Gasteiger partial charge on any atom is 0.217 e. The van der Waals surface area contributed by atoms with Crippen LogP contribution >= 0.6 is 0 Å². The van der Waals surface area contributed by atoms with E-state index in [2.05, 4.69) is 88.0 Å². The second-order valence-corrected chi connectivity index (χ2v) is 20.5. The van der Waals surface area contributed by atoms with E-state index in [9.17, 15) is 43.2 Å². The van der Waals surface area contributed by atoms with E-state index in [-0.39, 0.29) is 64.4 Å². The number of nitrogens with zero attached hydrogens (tertiary/aromatic N) is 2. The van der Waals surface area contributed by atoms with Crippen molar-refractivity contribution in [2.24, 2.45) is 29.2 Å². The predicted molar refractivity (Wildman–Crippen MR) is 364 cm³/mol. The Hall–Kier alpha value is -9.89. The van der Waals surface area contributed by atoms with Crippen LogP contribution in [0.4, 0.5) is 0 Å². The van der Waals surface area contributed by atoms with Gasteiger partial charge in [-0.3, -0.25) is 48.1 Å². The SMILES string of the molecule is C=C(CC)C(C)=O.C=C(CCC(N)=O)C(C)=O.C=C(CCCN=C(N)N)C(C)=O.C=C(Cc1ccc(O)cc1)C(C)=O.C=C(Cc1ccc[n+](C)c1)C(C)=O.C=C(Cc1cccc(C)c1)C(C)=O.C=C(Cc1cccc2ccccc12)C(C)=O.C=CC(C)=O. The van der Waals surface area contributed by atoms with Gasteiger partial charge >= 0.3 is 0 Å². The Bertz CT molecular complexity index is 3260. The number of fused-ring (bicyclic) bond motifs is 1. The van der Waals surface area contributed by atoms with Gasteiger partial charge in [0.05, 0.1) is 0 Å². The lowest BCUT2D eigenvalue weighted by Crippen LogP contribution is -2.27. The minimum Gasteiger partial charge on any atom is -0.508 e. The number of Topliss-reactive ketones (excluding diaryl/α,β-unsaturated/α-hetero) is 7. The number of benzene rings is 4. The lowest BCUT2D eigenvalue weighted by Gasteiger charge is -2.06. The zero-order valence-corrected chi connectivity index (χ0v) is 54.5. The summed E-state index contributed by atoms with van der Waals surface area (Å²) in [5, 5.41) is 11.4. The summed E-state index contributed by atoms with van der Waals surface area (Å²) in [5.41, 5.74) is 25.1. The number of allylic oxidation sites excluding steroid dienone is 8. The molecule has 5 aromatic rings. The highest BCUT2D eigenvalue weighted by Crippen LogP contribution is 2.21. The second kappa shape index (κ2) is 47.3. The molecule has 0 bridgehead atoms. The molecular formula is C74H96N5O10+. The van der Waals surface area contributed by atoms with Crippen molar-refractivity contribution in [2.75, 3.05) is 6.54 Å². The molecule has 0 spiro atoms. The first-order valence-corrected chi connectivity index (χ1v) is 28.5. The summed E-state index contributed by atoms with van der Waals surface area (Å²) in [5.74, 6) is 0.186. The molecule has 0 fully saturated rings. The van der Waals surface area contributed by atoms with Crippen molar-refractivity contribution in [1.29, 1.82) is 0 Å². The highest BCUT2D eigenvalue weighted by atomic mass is 16.3. The molecule has 0 aliphatic carbocycles. The van der Waals surface area contributed by atoms with Crippen molar-refractivity contribution >= 4 is 68.9 Å². The quantitative estimate of drug-likeness (QED) is 0.0148. The number of aryl methyl sites for hydroxylation is 2. The fourth-order valence-corrected chi connectivity index (χ4v) is 6.48. The van der Waals surface area contributed by atoms with Crippen LogP contribution in [-0.2, 0) is 75.9 Å². The normalized spacial score (nSPS) is 9.34. The van der Waals surface area contributed by atoms with E-state index in [0.29, 0.717) is 84.1 Å². The minimum atomic E-state index is -0.401. The van der Waals surface area contributed by atoms with Crippen LogP contribution in [0.3, 0.4) is 0 Å². The number of nitrogens with two attached hydrogens (primary N) is 3. The first-order chi connectivity index (χ1) is 41.5. The summed E-state index contributed by atoms with van der Waals surface area (Å²) in [7, 11) is 1.96. The van der Waals surface area contributed by atoms with E-state index in [4.69, 9.17) is 22.3 Å². The van der Waals surface area contributed by atoms with Crippen LogP contribution < -0.4 is 21.8 Å². The molecule has 0 saturated carbocycles. The number of aliphatic imine (C=N–C) groups is 1. The Balaban J connectivity index is -0.000000966. The van der Waals surface area contributed by atoms with Crippen LogP contribution in [0, 0.1) is 6.92 Å². The van der Waals surface area contributed by atoms with Crippen LogP contribution in [0.5, 0.6) is 5.75 Å². The molecule has 4 aromatic carbocycles. The molecule has 15 nitrogen and oxygen atoms in total. The number of phenolic OH excluding ortho intramolecular Hbond substituents is 1. The van der Waals surface area contributed by atoms with Crippen LogP contribution in [0.1, 0.15) is 122 Å². The zero-order valence-electron chi connectivity index (χ0n) is 54.5. The molecule has 0 unspecified atom stereocenters. The van der Waals surface area contributed by atoms with Crippen LogP contribution in [0.15, 0.2) is 218 Å². The number of ketones is 8. The molecule has 0 aliphatic rings. The average Bonchev–Trinajstić information content (AvgIpc) is 1.27. The third-order valence-electron chi connectivity index (χ3n) is 12.4. The first-order valence-electron chi connectivity index (χ1n) is 28.5. The molecule has 15 heteroatoms. The Labute approximate surface area is 529 Å². The number of hydrogen-bond acceptors (Lipinski definition) is 11. The van der Waals surface area contributed by atoms with Gasteiger partial charge < -0.3 is 22.3 Å². The number of amides is 1. The van der Waals surface area contributed by atoms with Crippen molar-refractivity contribution in [2.45, 2.75) is 127 Å². The smallest absolute Gasteiger partial charge is 0.217 e. The Kier molecular flexibility index (Phi) is 44.3. The monoisotopic (exact) mass is 1210 g/mol. The van der Waals surface area contributed by atoms with Crippen molar-refractivity contribution in [3.8, 4) is 5.75 Å². The molecule has 7 N–H and O–H groups in total. The van der Waals surface area contributed by atoms with Gasteiger partial charge in [-0.2, -0.15) is 0 Å². The summed E-state index contributed by atoms with van der Waals surface area (Å²) in [6, 6.07) is 33.2. The number of hydrogen-bond donors (Lipinski definition) is 4. The number of pyridine rings is 1. The minimum absolute atomic E-state index is 0.00748. The zero-order chi connectivity index (χ0) is 68.9. The lowest BCUT2D eigenvalue weighted by atomic mass is 9.98. The number of primary amides is 1. The van der Waals surface area contributed by atoms with Gasteiger partial charge in [0, 0.05) is 50.3 Å². The number of guanidine groups is 1. The number of carbonyl (C=O) groups is 9. The van der Waals surface area contributed by atoms with Gasteiger partial charge in [-0.1, -0.05) is 144 Å². The topological polar surface area (TPSA) is 268 Å². The highest BCUT2D eigenvalue weighted by molar-refractivity contribution is 5.96. The Morgan fingerprint density at radius 1 is 0.506 bits per heavy atom. The molecule has 0 saturated heterocycles. The highest BCUT2D eigenvalue weighted by Gasteiger charge is 2.08. The molecule has 0 radical (unpaired) electrons. The lowest BCUT2D eigenvalue weighted by molar-refractivity contribution is -0.671.